The minimum absolute atomic E-state index is 0.0190. The fraction of sp³-hybridized carbons (Fsp3) is 0.538. The number of anilines is 1. The Morgan fingerprint density at radius 1 is 0.917 bits per heavy atom. The summed E-state index contributed by atoms with van der Waals surface area (Å²) in [6.45, 7) is 10.7. The van der Waals surface area contributed by atoms with E-state index in [-0.39, 0.29) is 26.6 Å². The zero-order valence-electron chi connectivity index (χ0n) is 21.4. The van der Waals surface area contributed by atoms with Gasteiger partial charge in [0.05, 0.1) is 14.7 Å². The van der Waals surface area contributed by atoms with Gasteiger partial charge in [0, 0.05) is 50.1 Å². The maximum atomic E-state index is 13.5. The van der Waals surface area contributed by atoms with E-state index in [1.807, 2.05) is 26.0 Å². The first-order valence-corrected chi connectivity index (χ1v) is 15.5. The zero-order valence-corrected chi connectivity index (χ0v) is 23.0. The van der Waals surface area contributed by atoms with Crippen molar-refractivity contribution in [2.45, 2.75) is 79.3 Å². The van der Waals surface area contributed by atoms with Crippen LogP contribution in [0.4, 0.5) is 5.69 Å². The highest BCUT2D eigenvalue weighted by Crippen LogP contribution is 2.31. The summed E-state index contributed by atoms with van der Waals surface area (Å²) in [6, 6.07) is 11.7. The van der Waals surface area contributed by atoms with Crippen LogP contribution in [-0.2, 0) is 24.6 Å². The Labute approximate surface area is 215 Å². The van der Waals surface area contributed by atoms with Crippen LogP contribution >= 0.6 is 0 Å². The Morgan fingerprint density at radius 2 is 1.50 bits per heavy atom. The number of benzene rings is 2. The van der Waals surface area contributed by atoms with Gasteiger partial charge in [-0.1, -0.05) is 19.9 Å². The summed E-state index contributed by atoms with van der Waals surface area (Å²) >= 11 is 0. The van der Waals surface area contributed by atoms with Crippen molar-refractivity contribution in [3.8, 4) is 0 Å². The van der Waals surface area contributed by atoms with Crippen LogP contribution in [0.1, 0.15) is 52.0 Å². The van der Waals surface area contributed by atoms with Crippen molar-refractivity contribution in [1.29, 1.82) is 0 Å². The molecule has 36 heavy (non-hydrogen) atoms. The smallest absolute Gasteiger partial charge is 0.241 e. The topological polar surface area (TPSA) is 105 Å². The van der Waals surface area contributed by atoms with Crippen LogP contribution in [0.25, 0.3) is 0 Å². The SMILES string of the molecule is CC(C)c1ccc(S(=O)(=O)c2ccc(N3C[C@@H](C)N[C@@H](C)C3)cc2)cc1S(=O)(=O)NC1CCOCC1. The van der Waals surface area contributed by atoms with Crippen molar-refractivity contribution < 1.29 is 21.6 Å². The highest BCUT2D eigenvalue weighted by molar-refractivity contribution is 7.91. The van der Waals surface area contributed by atoms with Gasteiger partial charge >= 0.3 is 0 Å². The number of nitrogens with zero attached hydrogens (tertiary/aromatic N) is 1. The second-order valence-electron chi connectivity index (χ2n) is 10.2. The van der Waals surface area contributed by atoms with E-state index in [2.05, 4.69) is 28.8 Å². The summed E-state index contributed by atoms with van der Waals surface area (Å²) in [4.78, 5) is 2.37. The largest absolute Gasteiger partial charge is 0.381 e. The molecule has 2 N–H and O–H groups in total. The van der Waals surface area contributed by atoms with E-state index in [0.29, 0.717) is 43.7 Å². The molecular formula is C26H37N3O5S2. The molecule has 0 radical (unpaired) electrons. The Bertz CT molecular complexity index is 1260. The molecule has 0 spiro atoms. The second-order valence-corrected chi connectivity index (χ2v) is 13.9. The monoisotopic (exact) mass is 535 g/mol. The Morgan fingerprint density at radius 3 is 2.08 bits per heavy atom. The van der Waals surface area contributed by atoms with E-state index >= 15 is 0 Å². The summed E-state index contributed by atoms with van der Waals surface area (Å²) in [5.41, 5.74) is 1.55. The molecule has 198 valence electrons. The number of hydrogen-bond acceptors (Lipinski definition) is 7. The van der Waals surface area contributed by atoms with Gasteiger partial charge in [0.2, 0.25) is 19.9 Å². The number of sulfonamides is 1. The minimum atomic E-state index is -3.91. The normalized spacial score (nSPS) is 22.2. The average molecular weight is 536 g/mol. The van der Waals surface area contributed by atoms with E-state index in [4.69, 9.17) is 4.74 Å². The number of nitrogens with one attached hydrogen (secondary N) is 2. The first-order valence-electron chi connectivity index (χ1n) is 12.6. The molecule has 4 rings (SSSR count). The molecule has 2 aliphatic heterocycles. The van der Waals surface area contributed by atoms with E-state index in [1.165, 1.54) is 12.1 Å². The molecule has 10 heteroatoms. The fourth-order valence-electron chi connectivity index (χ4n) is 5.00. The van der Waals surface area contributed by atoms with Crippen LogP contribution in [0.5, 0.6) is 0 Å². The molecule has 0 unspecified atom stereocenters. The lowest BCUT2D eigenvalue weighted by atomic mass is 10.0. The van der Waals surface area contributed by atoms with Crippen LogP contribution in [0.15, 0.2) is 57.2 Å². The third-order valence-electron chi connectivity index (χ3n) is 6.82. The van der Waals surface area contributed by atoms with Crippen LogP contribution in [0.2, 0.25) is 0 Å². The average Bonchev–Trinajstić information content (AvgIpc) is 2.83. The maximum Gasteiger partial charge on any atom is 0.241 e. The van der Waals surface area contributed by atoms with E-state index in [1.54, 1.807) is 18.2 Å². The molecule has 0 saturated carbocycles. The van der Waals surface area contributed by atoms with Gasteiger partial charge in [0.15, 0.2) is 0 Å². The molecule has 8 nitrogen and oxygen atoms in total. The standard InChI is InChI=1S/C26H37N3O5S2/c1-18(2)25-10-9-24(15-26(25)36(32,33)28-21-11-13-34-14-12-21)35(30,31)23-7-5-22(6-8-23)29-16-19(3)27-20(4)17-29/h5-10,15,18-21,27-28H,11-14,16-17H2,1-4H3/t19-,20+. The van der Waals surface area contributed by atoms with Crippen molar-refractivity contribution in [1.82, 2.24) is 10.0 Å². The van der Waals surface area contributed by atoms with Gasteiger partial charge in [-0.15, -0.1) is 0 Å². The highest BCUT2D eigenvalue weighted by Gasteiger charge is 2.28. The first-order chi connectivity index (χ1) is 17.0. The molecule has 2 heterocycles. The van der Waals surface area contributed by atoms with Gasteiger partial charge in [-0.3, -0.25) is 0 Å². The molecule has 2 saturated heterocycles. The van der Waals surface area contributed by atoms with Crippen molar-refractivity contribution in [2.75, 3.05) is 31.2 Å². The van der Waals surface area contributed by atoms with Gasteiger partial charge in [0.25, 0.3) is 0 Å². The van der Waals surface area contributed by atoms with Crippen LogP contribution in [-0.4, -0.2) is 61.3 Å². The van der Waals surface area contributed by atoms with Gasteiger partial charge in [0.1, 0.15) is 0 Å². The van der Waals surface area contributed by atoms with Crippen molar-refractivity contribution in [3.63, 3.8) is 0 Å². The molecule has 0 amide bonds. The lowest BCUT2D eigenvalue weighted by Gasteiger charge is -2.37. The lowest BCUT2D eigenvalue weighted by Crippen LogP contribution is -2.54. The maximum absolute atomic E-state index is 13.5. The molecule has 2 atom stereocenters. The molecule has 0 bridgehead atoms. The molecule has 0 aromatic heterocycles. The predicted molar refractivity (Wildman–Crippen MR) is 141 cm³/mol. The first kappa shape index (κ1) is 27.1. The molecule has 2 aromatic rings. The van der Waals surface area contributed by atoms with Crippen LogP contribution in [0, 0.1) is 0 Å². The highest BCUT2D eigenvalue weighted by atomic mass is 32.2. The molecular weight excluding hydrogens is 498 g/mol. The van der Waals surface area contributed by atoms with Gasteiger partial charge in [-0.25, -0.2) is 21.6 Å². The summed E-state index contributed by atoms with van der Waals surface area (Å²) in [7, 11) is -7.82. The van der Waals surface area contributed by atoms with E-state index < -0.39 is 19.9 Å². The Balaban J connectivity index is 1.64. The van der Waals surface area contributed by atoms with E-state index in [0.717, 1.165) is 18.8 Å². The minimum Gasteiger partial charge on any atom is -0.381 e. The third kappa shape index (κ3) is 5.94. The number of sulfone groups is 1. The molecule has 2 fully saturated rings. The quantitative estimate of drug-likeness (QED) is 0.561. The van der Waals surface area contributed by atoms with Crippen LogP contribution < -0.4 is 14.9 Å². The number of piperazine rings is 1. The van der Waals surface area contributed by atoms with Crippen LogP contribution in [0.3, 0.4) is 0 Å². The second kappa shape index (κ2) is 10.8. The van der Waals surface area contributed by atoms with Crippen molar-refractivity contribution in [3.05, 3.63) is 48.0 Å². The summed E-state index contributed by atoms with van der Waals surface area (Å²) in [5, 5.41) is 3.49. The molecule has 2 aliphatic rings. The zero-order chi connectivity index (χ0) is 26.1. The van der Waals surface area contributed by atoms with Gasteiger partial charge < -0.3 is 15.0 Å². The Kier molecular flexibility index (Phi) is 8.11. The summed E-state index contributed by atoms with van der Waals surface area (Å²) in [6.07, 6.45) is 1.18. The Hall–Kier alpha value is -1.98. The lowest BCUT2D eigenvalue weighted by molar-refractivity contribution is 0.0832. The summed E-state index contributed by atoms with van der Waals surface area (Å²) < 4.78 is 61.8. The third-order valence-corrected chi connectivity index (χ3v) is 10.2. The van der Waals surface area contributed by atoms with Gasteiger partial charge in [-0.05, 0) is 74.6 Å². The van der Waals surface area contributed by atoms with E-state index in [9.17, 15) is 16.8 Å². The molecule has 0 aliphatic carbocycles. The van der Waals surface area contributed by atoms with Gasteiger partial charge in [-0.2, -0.15) is 0 Å². The number of rotatable bonds is 7. The predicted octanol–water partition coefficient (Wildman–Crippen LogP) is 3.29. The summed E-state index contributed by atoms with van der Waals surface area (Å²) in [5.74, 6) is -0.0916. The fourth-order valence-corrected chi connectivity index (χ4v) is 8.06. The molecule has 2 aromatic carbocycles. The number of ether oxygens (including phenoxy) is 1. The number of hydrogen-bond donors (Lipinski definition) is 2. The van der Waals surface area contributed by atoms with Crippen molar-refractivity contribution in [2.24, 2.45) is 0 Å². The van der Waals surface area contributed by atoms with Crippen molar-refractivity contribution >= 4 is 25.5 Å².